The zero-order valence-corrected chi connectivity index (χ0v) is 16.2. The van der Waals surface area contributed by atoms with E-state index in [4.69, 9.17) is 4.74 Å². The normalized spacial score (nSPS) is 19.9. The fraction of sp³-hybridized carbons (Fsp3) is 0.545. The summed E-state index contributed by atoms with van der Waals surface area (Å²) >= 11 is 0. The third kappa shape index (κ3) is 5.42. The smallest absolute Gasteiger partial charge is 0.305 e. The van der Waals surface area contributed by atoms with Crippen LogP contribution in [0.4, 0.5) is 0 Å². The number of likely N-dealkylation sites (tertiary alicyclic amines) is 2. The van der Waals surface area contributed by atoms with Gasteiger partial charge in [0.05, 0.1) is 7.11 Å². The van der Waals surface area contributed by atoms with Gasteiger partial charge in [0.2, 0.25) is 5.91 Å². The van der Waals surface area contributed by atoms with Crippen molar-refractivity contribution in [3.63, 3.8) is 0 Å². The van der Waals surface area contributed by atoms with E-state index in [9.17, 15) is 9.59 Å². The second-order valence-electron chi connectivity index (χ2n) is 7.79. The molecule has 5 nitrogen and oxygen atoms in total. The number of hydrogen-bond donors (Lipinski definition) is 0. The van der Waals surface area contributed by atoms with Crippen LogP contribution in [0.1, 0.15) is 37.7 Å². The largest absolute Gasteiger partial charge is 0.469 e. The first-order valence-corrected chi connectivity index (χ1v) is 9.89. The van der Waals surface area contributed by atoms with Crippen molar-refractivity contribution in [2.24, 2.45) is 5.41 Å². The maximum atomic E-state index is 12.5. The molecule has 1 aromatic rings. The molecule has 2 aliphatic rings. The van der Waals surface area contributed by atoms with Crippen molar-refractivity contribution in [2.45, 2.75) is 32.1 Å². The molecule has 0 aliphatic carbocycles. The van der Waals surface area contributed by atoms with Crippen molar-refractivity contribution in [2.75, 3.05) is 39.8 Å². The highest BCUT2D eigenvalue weighted by atomic mass is 16.5. The second-order valence-corrected chi connectivity index (χ2v) is 7.79. The number of benzene rings is 1. The minimum atomic E-state index is -0.135. The Balaban J connectivity index is 1.43. The summed E-state index contributed by atoms with van der Waals surface area (Å²) in [7, 11) is 1.44. The van der Waals surface area contributed by atoms with Crippen molar-refractivity contribution in [1.82, 2.24) is 9.80 Å². The van der Waals surface area contributed by atoms with Gasteiger partial charge in [-0.05, 0) is 49.9 Å². The molecule has 0 radical (unpaired) electrons. The zero-order chi connectivity index (χ0) is 19.1. The average Bonchev–Trinajstić information content (AvgIpc) is 2.99. The lowest BCUT2D eigenvalue weighted by Gasteiger charge is -2.38. The third-order valence-corrected chi connectivity index (χ3v) is 5.84. The van der Waals surface area contributed by atoms with Crippen LogP contribution in [0.15, 0.2) is 36.4 Å². The average molecular weight is 370 g/mol. The Hall–Kier alpha value is -2.14. The van der Waals surface area contributed by atoms with Gasteiger partial charge in [-0.2, -0.15) is 0 Å². The zero-order valence-electron chi connectivity index (χ0n) is 16.2. The van der Waals surface area contributed by atoms with Crippen LogP contribution in [-0.2, 0) is 14.3 Å². The molecular formula is C22H30N2O3. The van der Waals surface area contributed by atoms with Crippen molar-refractivity contribution < 1.29 is 14.3 Å². The Labute approximate surface area is 162 Å². The molecule has 2 saturated heterocycles. The van der Waals surface area contributed by atoms with Crippen LogP contribution < -0.4 is 0 Å². The lowest BCUT2D eigenvalue weighted by molar-refractivity contribution is -0.140. The molecule has 3 rings (SSSR count). The highest BCUT2D eigenvalue weighted by molar-refractivity contribution is 5.79. The third-order valence-electron chi connectivity index (χ3n) is 5.84. The van der Waals surface area contributed by atoms with E-state index in [0.717, 1.165) is 45.4 Å². The molecule has 0 atom stereocenters. The number of methoxy groups -OCH3 is 1. The lowest BCUT2D eigenvalue weighted by atomic mass is 9.77. The summed E-state index contributed by atoms with van der Waals surface area (Å²) in [5.74, 6) is 0.149. The van der Waals surface area contributed by atoms with Gasteiger partial charge in [-0.1, -0.05) is 42.5 Å². The number of carbonyl (C=O) groups is 2. The number of ether oxygens (including phenoxy) is 1. The Kier molecular flexibility index (Phi) is 6.67. The fourth-order valence-corrected chi connectivity index (χ4v) is 4.16. The number of nitrogens with zero attached hydrogens (tertiary/aromatic N) is 2. The second kappa shape index (κ2) is 9.18. The van der Waals surface area contributed by atoms with Gasteiger partial charge in [-0.3, -0.25) is 9.59 Å². The van der Waals surface area contributed by atoms with Gasteiger partial charge in [-0.15, -0.1) is 0 Å². The number of amides is 1. The van der Waals surface area contributed by atoms with E-state index in [2.05, 4.69) is 29.2 Å². The van der Waals surface area contributed by atoms with Gasteiger partial charge < -0.3 is 14.5 Å². The van der Waals surface area contributed by atoms with E-state index in [1.54, 1.807) is 0 Å². The molecule has 1 spiro atoms. The maximum absolute atomic E-state index is 12.5. The van der Waals surface area contributed by atoms with Crippen molar-refractivity contribution in [1.29, 1.82) is 0 Å². The summed E-state index contributed by atoms with van der Waals surface area (Å²) in [6.07, 6.45) is 8.32. The summed E-state index contributed by atoms with van der Waals surface area (Å²) in [6, 6.07) is 10.2. The monoisotopic (exact) mass is 370 g/mol. The predicted octanol–water partition coefficient (Wildman–Crippen LogP) is 2.97. The molecular weight excluding hydrogens is 340 g/mol. The van der Waals surface area contributed by atoms with Gasteiger partial charge in [0.15, 0.2) is 0 Å². The topological polar surface area (TPSA) is 49.9 Å². The molecule has 1 aromatic carbocycles. The van der Waals surface area contributed by atoms with Crippen LogP contribution in [0, 0.1) is 5.41 Å². The Morgan fingerprint density at radius 1 is 1.22 bits per heavy atom. The molecule has 5 heteroatoms. The number of esters is 1. The highest BCUT2D eigenvalue weighted by Gasteiger charge is 2.44. The highest BCUT2D eigenvalue weighted by Crippen LogP contribution is 2.41. The van der Waals surface area contributed by atoms with Gasteiger partial charge in [-0.25, -0.2) is 0 Å². The van der Waals surface area contributed by atoms with Crippen molar-refractivity contribution in [3.8, 4) is 0 Å². The number of piperidine rings is 1. The molecule has 146 valence electrons. The molecule has 2 fully saturated rings. The summed E-state index contributed by atoms with van der Waals surface area (Å²) in [6.45, 7) is 4.53. The number of rotatable bonds is 7. The van der Waals surface area contributed by atoms with Gasteiger partial charge in [0.25, 0.3) is 0 Å². The van der Waals surface area contributed by atoms with Crippen molar-refractivity contribution in [3.05, 3.63) is 42.0 Å². The molecule has 2 aliphatic heterocycles. The van der Waals surface area contributed by atoms with E-state index >= 15 is 0 Å². The van der Waals surface area contributed by atoms with Crippen LogP contribution >= 0.6 is 0 Å². The summed E-state index contributed by atoms with van der Waals surface area (Å²) < 4.78 is 4.69. The minimum Gasteiger partial charge on any atom is -0.469 e. The summed E-state index contributed by atoms with van der Waals surface area (Å²) in [5.41, 5.74) is 1.32. The molecule has 0 aromatic heterocycles. The van der Waals surface area contributed by atoms with Gasteiger partial charge in [0.1, 0.15) is 0 Å². The molecule has 0 unspecified atom stereocenters. The maximum Gasteiger partial charge on any atom is 0.305 e. The van der Waals surface area contributed by atoms with Crippen LogP contribution in [0.3, 0.4) is 0 Å². The van der Waals surface area contributed by atoms with Crippen molar-refractivity contribution >= 4 is 18.0 Å². The van der Waals surface area contributed by atoms with E-state index < -0.39 is 0 Å². The Morgan fingerprint density at radius 3 is 2.67 bits per heavy atom. The molecule has 27 heavy (non-hydrogen) atoms. The van der Waals surface area contributed by atoms with Crippen LogP contribution in [-0.4, -0.2) is 61.5 Å². The summed E-state index contributed by atoms with van der Waals surface area (Å²) in [4.78, 5) is 28.1. The van der Waals surface area contributed by atoms with Crippen LogP contribution in [0.25, 0.3) is 6.08 Å². The first-order valence-electron chi connectivity index (χ1n) is 9.89. The molecule has 1 amide bonds. The van der Waals surface area contributed by atoms with E-state index in [0.29, 0.717) is 19.4 Å². The molecule has 2 heterocycles. The SMILES string of the molecule is COC(=O)CCCN1CCC2(CC1)CC(=O)N(C/C=C/c1ccccc1)C2. The number of hydrogen-bond acceptors (Lipinski definition) is 4. The van der Waals surface area contributed by atoms with Gasteiger partial charge in [0, 0.05) is 25.9 Å². The molecule has 0 N–H and O–H groups in total. The van der Waals surface area contributed by atoms with Crippen LogP contribution in [0.2, 0.25) is 0 Å². The van der Waals surface area contributed by atoms with Crippen LogP contribution in [0.5, 0.6) is 0 Å². The Bertz CT molecular complexity index is 663. The standard InChI is InChI=1S/C22H30N2O3/c1-27-21(26)10-6-13-23-15-11-22(12-16-23)17-20(25)24(18-22)14-5-9-19-7-3-2-4-8-19/h2-5,7-9H,6,10-18H2,1H3/b9-5+. The molecule has 0 saturated carbocycles. The van der Waals surface area contributed by atoms with E-state index in [1.807, 2.05) is 23.1 Å². The lowest BCUT2D eigenvalue weighted by Crippen LogP contribution is -2.42. The summed E-state index contributed by atoms with van der Waals surface area (Å²) in [5, 5.41) is 0. The molecule has 0 bridgehead atoms. The first-order chi connectivity index (χ1) is 13.1. The van der Waals surface area contributed by atoms with E-state index in [1.165, 1.54) is 12.7 Å². The number of carbonyl (C=O) groups excluding carboxylic acids is 2. The minimum absolute atomic E-state index is 0.135. The predicted molar refractivity (Wildman–Crippen MR) is 106 cm³/mol. The quantitative estimate of drug-likeness (QED) is 0.693. The fourth-order valence-electron chi connectivity index (χ4n) is 4.16. The van der Waals surface area contributed by atoms with E-state index in [-0.39, 0.29) is 17.3 Å². The first kappa shape index (κ1) is 19.6. The van der Waals surface area contributed by atoms with Gasteiger partial charge >= 0.3 is 5.97 Å². The Morgan fingerprint density at radius 2 is 1.96 bits per heavy atom.